The summed E-state index contributed by atoms with van der Waals surface area (Å²) in [4.78, 5) is 11.1. The van der Waals surface area contributed by atoms with Gasteiger partial charge in [-0.25, -0.2) is 23.1 Å². The van der Waals surface area contributed by atoms with Crippen molar-refractivity contribution in [1.82, 2.24) is 14.7 Å². The number of ether oxygens (including phenoxy) is 1. The summed E-state index contributed by atoms with van der Waals surface area (Å²) in [7, 11) is -2.08. The van der Waals surface area contributed by atoms with E-state index in [1.54, 1.807) is 18.3 Å². The van der Waals surface area contributed by atoms with Crippen LogP contribution in [0, 0.1) is 0 Å². The molecule has 134 valence electrons. The van der Waals surface area contributed by atoms with Crippen LogP contribution in [-0.2, 0) is 16.6 Å². The second-order valence-corrected chi connectivity index (χ2v) is 7.65. The van der Waals surface area contributed by atoms with Crippen LogP contribution in [0.3, 0.4) is 0 Å². The van der Waals surface area contributed by atoms with Gasteiger partial charge in [-0.15, -0.1) is 0 Å². The molecule has 1 aromatic carbocycles. The average molecular weight is 362 g/mol. The predicted octanol–water partition coefficient (Wildman–Crippen LogP) is 1.95. The van der Waals surface area contributed by atoms with E-state index >= 15 is 0 Å². The van der Waals surface area contributed by atoms with Gasteiger partial charge in [-0.1, -0.05) is 0 Å². The van der Waals surface area contributed by atoms with Crippen molar-refractivity contribution in [3.63, 3.8) is 0 Å². The van der Waals surface area contributed by atoms with E-state index in [-0.39, 0.29) is 11.4 Å². The molecule has 1 saturated heterocycles. The molecule has 1 aromatic heterocycles. The molecule has 0 radical (unpaired) electrons. The highest BCUT2D eigenvalue weighted by Gasteiger charge is 2.16. The summed E-state index contributed by atoms with van der Waals surface area (Å²) in [6.45, 7) is 2.01. The summed E-state index contributed by atoms with van der Waals surface area (Å²) in [5, 5.41) is 0. The van der Waals surface area contributed by atoms with Crippen LogP contribution in [0.2, 0.25) is 0 Å². The zero-order chi connectivity index (χ0) is 17.7. The molecule has 0 bridgehead atoms. The fourth-order valence-electron chi connectivity index (χ4n) is 2.77. The van der Waals surface area contributed by atoms with Gasteiger partial charge in [0.1, 0.15) is 17.4 Å². The molecule has 0 amide bonds. The Hall–Kier alpha value is -2.19. The van der Waals surface area contributed by atoms with Gasteiger partial charge in [0.25, 0.3) is 0 Å². The Balaban J connectivity index is 1.67. The first-order valence-corrected chi connectivity index (χ1v) is 9.77. The lowest BCUT2D eigenvalue weighted by Crippen LogP contribution is -2.31. The molecular weight excluding hydrogens is 340 g/mol. The minimum atomic E-state index is -3.62. The van der Waals surface area contributed by atoms with Crippen LogP contribution in [0.1, 0.15) is 25.1 Å². The van der Waals surface area contributed by atoms with Crippen molar-refractivity contribution in [2.24, 2.45) is 0 Å². The second kappa shape index (κ2) is 7.79. The number of piperidine rings is 1. The van der Waals surface area contributed by atoms with Crippen molar-refractivity contribution >= 4 is 15.8 Å². The van der Waals surface area contributed by atoms with Crippen molar-refractivity contribution in [2.45, 2.75) is 30.7 Å². The number of nitrogens with zero attached hydrogens (tertiary/aromatic N) is 3. The summed E-state index contributed by atoms with van der Waals surface area (Å²) in [5.74, 6) is 1.92. The Morgan fingerprint density at radius 3 is 2.52 bits per heavy atom. The van der Waals surface area contributed by atoms with Gasteiger partial charge in [-0.3, -0.25) is 0 Å². The van der Waals surface area contributed by atoms with E-state index in [9.17, 15) is 8.42 Å². The van der Waals surface area contributed by atoms with E-state index in [0.29, 0.717) is 11.6 Å². The maximum atomic E-state index is 12.4. The molecule has 1 N–H and O–H groups in total. The number of hydrogen-bond donors (Lipinski definition) is 1. The van der Waals surface area contributed by atoms with E-state index in [1.807, 2.05) is 6.07 Å². The third-order valence-electron chi connectivity index (χ3n) is 4.16. The number of hydrogen-bond acceptors (Lipinski definition) is 6. The van der Waals surface area contributed by atoms with Crippen molar-refractivity contribution in [3.05, 3.63) is 42.4 Å². The second-order valence-electron chi connectivity index (χ2n) is 5.88. The topological polar surface area (TPSA) is 84.4 Å². The van der Waals surface area contributed by atoms with Crippen molar-refractivity contribution in [3.8, 4) is 5.75 Å². The monoisotopic (exact) mass is 362 g/mol. The average Bonchev–Trinajstić information content (AvgIpc) is 2.67. The summed E-state index contributed by atoms with van der Waals surface area (Å²) in [5.41, 5.74) is 0. The SMILES string of the molecule is COc1ccc(S(=O)(=O)NCc2nccc(N3CCCCC3)n2)cc1. The number of rotatable bonds is 6. The van der Waals surface area contributed by atoms with E-state index in [1.165, 1.54) is 25.7 Å². The first-order chi connectivity index (χ1) is 12.1. The van der Waals surface area contributed by atoms with E-state index in [0.717, 1.165) is 31.7 Å². The Bertz CT molecular complexity index is 803. The lowest BCUT2D eigenvalue weighted by Gasteiger charge is -2.27. The van der Waals surface area contributed by atoms with E-state index in [2.05, 4.69) is 19.6 Å². The highest BCUT2D eigenvalue weighted by molar-refractivity contribution is 7.89. The number of benzene rings is 1. The molecule has 0 saturated carbocycles. The van der Waals surface area contributed by atoms with Crippen molar-refractivity contribution in [2.75, 3.05) is 25.1 Å². The minimum absolute atomic E-state index is 0.0516. The first kappa shape index (κ1) is 17.6. The van der Waals surface area contributed by atoms with Crippen LogP contribution in [0.15, 0.2) is 41.4 Å². The fourth-order valence-corrected chi connectivity index (χ4v) is 3.75. The number of nitrogens with one attached hydrogen (secondary N) is 1. The number of aromatic nitrogens is 2. The Labute approximate surface area is 148 Å². The van der Waals surface area contributed by atoms with Crippen LogP contribution in [0.5, 0.6) is 5.75 Å². The molecule has 1 fully saturated rings. The number of anilines is 1. The Morgan fingerprint density at radius 1 is 1.12 bits per heavy atom. The summed E-state index contributed by atoms with van der Waals surface area (Å²) < 4.78 is 32.3. The van der Waals surface area contributed by atoms with Crippen LogP contribution in [0.4, 0.5) is 5.82 Å². The minimum Gasteiger partial charge on any atom is -0.497 e. The van der Waals surface area contributed by atoms with Gasteiger partial charge in [0.15, 0.2) is 0 Å². The molecule has 8 heteroatoms. The normalized spacial score (nSPS) is 15.2. The van der Waals surface area contributed by atoms with Crippen molar-refractivity contribution in [1.29, 1.82) is 0 Å². The molecule has 0 atom stereocenters. The van der Waals surface area contributed by atoms with Gasteiger partial charge < -0.3 is 9.64 Å². The summed E-state index contributed by atoms with van der Waals surface area (Å²) in [6.07, 6.45) is 5.23. The van der Waals surface area contributed by atoms with Gasteiger partial charge >= 0.3 is 0 Å². The predicted molar refractivity (Wildman–Crippen MR) is 95.1 cm³/mol. The van der Waals surface area contributed by atoms with Crippen LogP contribution in [-0.4, -0.2) is 38.6 Å². The molecule has 2 heterocycles. The maximum absolute atomic E-state index is 12.4. The summed E-state index contributed by atoms with van der Waals surface area (Å²) in [6, 6.07) is 8.11. The largest absolute Gasteiger partial charge is 0.497 e. The van der Waals surface area contributed by atoms with Gasteiger partial charge in [0.2, 0.25) is 10.0 Å². The maximum Gasteiger partial charge on any atom is 0.240 e. The van der Waals surface area contributed by atoms with Gasteiger partial charge in [-0.2, -0.15) is 0 Å². The number of methoxy groups -OCH3 is 1. The number of sulfonamides is 1. The van der Waals surface area contributed by atoms with Gasteiger partial charge in [0, 0.05) is 19.3 Å². The van der Waals surface area contributed by atoms with Crippen LogP contribution in [0.25, 0.3) is 0 Å². The highest BCUT2D eigenvalue weighted by Crippen LogP contribution is 2.18. The van der Waals surface area contributed by atoms with Crippen LogP contribution >= 0.6 is 0 Å². The molecule has 1 aliphatic heterocycles. The lowest BCUT2D eigenvalue weighted by atomic mass is 10.1. The highest BCUT2D eigenvalue weighted by atomic mass is 32.2. The quantitative estimate of drug-likeness (QED) is 0.846. The Kier molecular flexibility index (Phi) is 5.50. The molecule has 2 aromatic rings. The molecule has 3 rings (SSSR count). The molecule has 25 heavy (non-hydrogen) atoms. The van der Waals surface area contributed by atoms with Crippen LogP contribution < -0.4 is 14.4 Å². The third-order valence-corrected chi connectivity index (χ3v) is 5.58. The molecule has 0 spiro atoms. The molecule has 7 nitrogen and oxygen atoms in total. The zero-order valence-electron chi connectivity index (χ0n) is 14.2. The standard InChI is InChI=1S/C17H22N4O3S/c1-24-14-5-7-15(8-6-14)25(22,23)19-13-16-18-10-9-17(20-16)21-11-3-2-4-12-21/h5-10,19H,2-4,11-13H2,1H3. The Morgan fingerprint density at radius 2 is 1.84 bits per heavy atom. The molecular formula is C17H22N4O3S. The van der Waals surface area contributed by atoms with Gasteiger partial charge in [0.05, 0.1) is 18.6 Å². The summed E-state index contributed by atoms with van der Waals surface area (Å²) >= 11 is 0. The first-order valence-electron chi connectivity index (χ1n) is 8.29. The van der Waals surface area contributed by atoms with Gasteiger partial charge in [-0.05, 0) is 49.6 Å². The third kappa shape index (κ3) is 4.46. The fraction of sp³-hybridized carbons (Fsp3) is 0.412. The van der Waals surface area contributed by atoms with Crippen molar-refractivity contribution < 1.29 is 13.2 Å². The molecule has 0 unspecified atom stereocenters. The lowest BCUT2D eigenvalue weighted by molar-refractivity contribution is 0.414. The molecule has 0 aliphatic carbocycles. The smallest absolute Gasteiger partial charge is 0.240 e. The van der Waals surface area contributed by atoms with E-state index in [4.69, 9.17) is 4.74 Å². The molecule has 1 aliphatic rings. The van der Waals surface area contributed by atoms with E-state index < -0.39 is 10.0 Å². The zero-order valence-corrected chi connectivity index (χ0v) is 15.0.